The average molecular weight is 254 g/mol. The maximum atomic E-state index is 4.81. The summed E-state index contributed by atoms with van der Waals surface area (Å²) >= 11 is 1.95. The summed E-state index contributed by atoms with van der Waals surface area (Å²) < 4.78 is 0. The lowest BCUT2D eigenvalue weighted by atomic mass is 9.75. The Bertz CT molecular complexity index is 291. The van der Waals surface area contributed by atoms with Crippen molar-refractivity contribution in [3.63, 3.8) is 0 Å². The number of hydrogen-bond acceptors (Lipinski definition) is 3. The lowest BCUT2D eigenvalue weighted by Crippen LogP contribution is -2.45. The zero-order chi connectivity index (χ0) is 12.4. The molecule has 0 amide bonds. The highest BCUT2D eigenvalue weighted by atomic mass is 32.2. The molecule has 0 saturated heterocycles. The van der Waals surface area contributed by atoms with Crippen LogP contribution >= 0.6 is 11.8 Å². The summed E-state index contributed by atoms with van der Waals surface area (Å²) in [6, 6.07) is 0. The number of aliphatic imine (C=N–C) groups is 1. The van der Waals surface area contributed by atoms with Crippen LogP contribution < -0.4 is 5.32 Å². The molecule has 17 heavy (non-hydrogen) atoms. The van der Waals surface area contributed by atoms with Gasteiger partial charge in [-0.15, -0.1) is 0 Å². The molecule has 1 aliphatic heterocycles. The van der Waals surface area contributed by atoms with Gasteiger partial charge in [0.15, 0.2) is 5.17 Å². The van der Waals surface area contributed by atoms with Gasteiger partial charge in [0.25, 0.3) is 0 Å². The number of amidine groups is 1. The van der Waals surface area contributed by atoms with Gasteiger partial charge < -0.3 is 5.32 Å². The Morgan fingerprint density at radius 3 is 2.53 bits per heavy atom. The van der Waals surface area contributed by atoms with E-state index in [0.717, 1.165) is 13.0 Å². The number of hydrogen-bond donors (Lipinski definition) is 1. The van der Waals surface area contributed by atoms with E-state index < -0.39 is 0 Å². The van der Waals surface area contributed by atoms with Crippen molar-refractivity contribution in [2.45, 2.75) is 64.8 Å². The van der Waals surface area contributed by atoms with Gasteiger partial charge in [-0.1, -0.05) is 37.9 Å². The van der Waals surface area contributed by atoms with E-state index in [4.69, 9.17) is 4.99 Å². The number of nitrogens with zero attached hydrogens (tertiary/aromatic N) is 1. The van der Waals surface area contributed by atoms with Crippen LogP contribution in [-0.2, 0) is 0 Å². The predicted octanol–water partition coefficient (Wildman–Crippen LogP) is 3.82. The van der Waals surface area contributed by atoms with Crippen LogP contribution in [0.25, 0.3) is 0 Å². The maximum Gasteiger partial charge on any atom is 0.156 e. The van der Waals surface area contributed by atoms with Gasteiger partial charge in [0.1, 0.15) is 0 Å². The highest BCUT2D eigenvalue weighted by Crippen LogP contribution is 2.41. The Labute approximate surface area is 110 Å². The second-order valence-corrected chi connectivity index (χ2v) is 7.30. The van der Waals surface area contributed by atoms with Crippen molar-refractivity contribution in [3.8, 4) is 0 Å². The lowest BCUT2D eigenvalue weighted by Gasteiger charge is -2.39. The molecule has 0 aromatic heterocycles. The molecule has 2 rings (SSSR count). The summed E-state index contributed by atoms with van der Waals surface area (Å²) in [6.07, 6.45) is 8.20. The van der Waals surface area contributed by atoms with Gasteiger partial charge in [-0.25, -0.2) is 0 Å². The molecule has 1 N–H and O–H groups in total. The quantitative estimate of drug-likeness (QED) is 0.810. The van der Waals surface area contributed by atoms with Gasteiger partial charge in [-0.05, 0) is 38.5 Å². The minimum absolute atomic E-state index is 0.183. The summed E-state index contributed by atoms with van der Waals surface area (Å²) in [5, 5.41) is 4.75. The van der Waals surface area contributed by atoms with Crippen molar-refractivity contribution in [2.24, 2.45) is 10.4 Å². The number of nitrogens with one attached hydrogen (secondary N) is 1. The number of thioether (sulfide) groups is 1. The van der Waals surface area contributed by atoms with E-state index in [0.29, 0.717) is 5.41 Å². The normalized spacial score (nSPS) is 24.5. The van der Waals surface area contributed by atoms with Gasteiger partial charge in [0.05, 0.1) is 0 Å². The molecule has 1 heterocycles. The predicted molar refractivity (Wildman–Crippen MR) is 77.8 cm³/mol. The van der Waals surface area contributed by atoms with Crippen molar-refractivity contribution in [1.29, 1.82) is 0 Å². The van der Waals surface area contributed by atoms with Crippen LogP contribution in [0.2, 0.25) is 0 Å². The average Bonchev–Trinajstić information content (AvgIpc) is 2.34. The highest BCUT2D eigenvalue weighted by molar-refractivity contribution is 8.13. The Kier molecular flexibility index (Phi) is 4.06. The third kappa shape index (κ3) is 3.40. The molecule has 0 aromatic rings. The Morgan fingerprint density at radius 2 is 2.00 bits per heavy atom. The van der Waals surface area contributed by atoms with Crippen molar-refractivity contribution < 1.29 is 0 Å². The first-order valence-electron chi connectivity index (χ1n) is 7.01. The van der Waals surface area contributed by atoms with Crippen molar-refractivity contribution in [2.75, 3.05) is 12.3 Å². The fourth-order valence-corrected chi connectivity index (χ4v) is 3.94. The van der Waals surface area contributed by atoms with Crippen LogP contribution in [0.1, 0.15) is 59.3 Å². The molecule has 0 aromatic carbocycles. The minimum Gasteiger partial charge on any atom is -0.360 e. The summed E-state index contributed by atoms with van der Waals surface area (Å²) in [5.41, 5.74) is 0.730. The zero-order valence-electron chi connectivity index (χ0n) is 11.5. The molecule has 0 atom stereocenters. The molecule has 1 aliphatic carbocycles. The smallest absolute Gasteiger partial charge is 0.156 e. The van der Waals surface area contributed by atoms with E-state index in [9.17, 15) is 0 Å². The first-order chi connectivity index (χ1) is 8.05. The van der Waals surface area contributed by atoms with Crippen molar-refractivity contribution in [3.05, 3.63) is 0 Å². The summed E-state index contributed by atoms with van der Waals surface area (Å²) in [4.78, 5) is 4.81. The summed E-state index contributed by atoms with van der Waals surface area (Å²) in [5.74, 6) is 1.28. The molecular formula is C14H26N2S. The Hall–Kier alpha value is -0.180. The van der Waals surface area contributed by atoms with E-state index in [-0.39, 0.29) is 5.54 Å². The van der Waals surface area contributed by atoms with Crippen LogP contribution in [0.4, 0.5) is 0 Å². The van der Waals surface area contributed by atoms with Crippen LogP contribution in [0.5, 0.6) is 0 Å². The molecule has 98 valence electrons. The fraction of sp³-hybridized carbons (Fsp3) is 0.929. The van der Waals surface area contributed by atoms with E-state index in [1.165, 1.54) is 43.0 Å². The molecule has 2 nitrogen and oxygen atoms in total. The van der Waals surface area contributed by atoms with Crippen LogP contribution in [0, 0.1) is 5.41 Å². The minimum atomic E-state index is 0.183. The van der Waals surface area contributed by atoms with Crippen molar-refractivity contribution >= 4 is 16.9 Å². The largest absolute Gasteiger partial charge is 0.360 e. The standard InChI is InChI=1S/C14H26N2S/c1-4-13(2,3)16-12-15-10-14(11-17-12)8-6-5-7-9-14/h4-11H2,1-3H3,(H,15,16). The zero-order valence-corrected chi connectivity index (χ0v) is 12.3. The van der Waals surface area contributed by atoms with Gasteiger partial charge in [0.2, 0.25) is 0 Å². The molecule has 1 fully saturated rings. The van der Waals surface area contributed by atoms with Gasteiger partial charge in [-0.3, -0.25) is 4.99 Å². The van der Waals surface area contributed by atoms with E-state index >= 15 is 0 Å². The lowest BCUT2D eigenvalue weighted by molar-refractivity contribution is 0.232. The maximum absolute atomic E-state index is 4.81. The fourth-order valence-electron chi connectivity index (χ4n) is 2.61. The van der Waals surface area contributed by atoms with E-state index in [1.54, 1.807) is 0 Å². The third-order valence-electron chi connectivity index (χ3n) is 4.32. The highest BCUT2D eigenvalue weighted by Gasteiger charge is 2.35. The molecule has 0 unspecified atom stereocenters. The second kappa shape index (κ2) is 5.21. The van der Waals surface area contributed by atoms with Crippen molar-refractivity contribution in [1.82, 2.24) is 5.32 Å². The molecule has 3 heteroatoms. The SMILES string of the molecule is CCC(C)(C)NC1=NCC2(CCCCC2)CS1. The Morgan fingerprint density at radius 1 is 1.29 bits per heavy atom. The molecule has 2 aliphatic rings. The van der Waals surface area contributed by atoms with Gasteiger partial charge in [0, 0.05) is 17.8 Å². The summed E-state index contributed by atoms with van der Waals surface area (Å²) in [7, 11) is 0. The summed E-state index contributed by atoms with van der Waals surface area (Å²) in [6.45, 7) is 7.79. The molecule has 0 bridgehead atoms. The van der Waals surface area contributed by atoms with Crippen LogP contribution in [0.3, 0.4) is 0 Å². The molecule has 0 radical (unpaired) electrons. The Balaban J connectivity index is 1.92. The molecule has 1 spiro atoms. The van der Waals surface area contributed by atoms with Crippen LogP contribution in [-0.4, -0.2) is 23.0 Å². The first-order valence-corrected chi connectivity index (χ1v) is 7.99. The number of rotatable bonds is 2. The molecule has 1 saturated carbocycles. The van der Waals surface area contributed by atoms with Gasteiger partial charge in [-0.2, -0.15) is 0 Å². The first kappa shape index (κ1) is 13.3. The monoisotopic (exact) mass is 254 g/mol. The topological polar surface area (TPSA) is 24.4 Å². The molecular weight excluding hydrogens is 228 g/mol. The van der Waals surface area contributed by atoms with E-state index in [2.05, 4.69) is 26.1 Å². The van der Waals surface area contributed by atoms with E-state index in [1.807, 2.05) is 11.8 Å². The van der Waals surface area contributed by atoms with Gasteiger partial charge >= 0.3 is 0 Å². The van der Waals surface area contributed by atoms with Crippen LogP contribution in [0.15, 0.2) is 4.99 Å². The third-order valence-corrected chi connectivity index (χ3v) is 5.58. The second-order valence-electron chi connectivity index (χ2n) is 6.33.